The van der Waals surface area contributed by atoms with Crippen molar-refractivity contribution in [3.8, 4) is 11.5 Å². The number of nitrogens with one attached hydrogen (secondary N) is 1. The molecule has 2 rings (SSSR count). The zero-order valence-corrected chi connectivity index (χ0v) is 13.7. The van der Waals surface area contributed by atoms with Gasteiger partial charge in [-0.05, 0) is 26.5 Å². The molecule has 1 aromatic carbocycles. The van der Waals surface area contributed by atoms with Crippen molar-refractivity contribution in [3.63, 3.8) is 0 Å². The summed E-state index contributed by atoms with van der Waals surface area (Å²) in [5, 5.41) is 2.77. The maximum Gasteiger partial charge on any atom is 0.238 e. The molecule has 1 aromatic rings. The van der Waals surface area contributed by atoms with Crippen LogP contribution in [0.3, 0.4) is 0 Å². The third-order valence-corrected chi connectivity index (χ3v) is 3.47. The van der Waals surface area contributed by atoms with Gasteiger partial charge in [-0.25, -0.2) is 0 Å². The minimum atomic E-state index is -0.189. The highest BCUT2D eigenvalue weighted by Gasteiger charge is 2.20. The number of hydrogen-bond acceptors (Lipinski definition) is 6. The fraction of sp³-hybridized carbons (Fsp3) is 0.500. The molecule has 0 saturated carbocycles. The van der Waals surface area contributed by atoms with Crippen LogP contribution in [0.2, 0.25) is 0 Å². The highest BCUT2D eigenvalue weighted by molar-refractivity contribution is 6.05. The fourth-order valence-corrected chi connectivity index (χ4v) is 2.33. The molecule has 1 aliphatic heterocycles. The first kappa shape index (κ1) is 17.2. The molecule has 1 heterocycles. The van der Waals surface area contributed by atoms with Crippen LogP contribution in [-0.4, -0.2) is 57.2 Å². The van der Waals surface area contributed by atoms with Gasteiger partial charge in [-0.2, -0.15) is 0 Å². The van der Waals surface area contributed by atoms with E-state index in [1.165, 1.54) is 6.92 Å². The summed E-state index contributed by atoms with van der Waals surface area (Å²) in [6.07, 6.45) is 0.850. The predicted octanol–water partition coefficient (Wildman–Crippen LogP) is 1.52. The number of likely N-dealkylation sites (N-methyl/N-ethyl adjacent to an activating group) is 1. The Morgan fingerprint density at radius 3 is 2.65 bits per heavy atom. The molecule has 0 aliphatic carbocycles. The van der Waals surface area contributed by atoms with Crippen LogP contribution in [0.1, 0.15) is 23.7 Å². The summed E-state index contributed by atoms with van der Waals surface area (Å²) < 4.78 is 15.5. The summed E-state index contributed by atoms with van der Waals surface area (Å²) in [6.45, 7) is 3.20. The lowest BCUT2D eigenvalue weighted by atomic mass is 10.1. The molecule has 1 aliphatic rings. The van der Waals surface area contributed by atoms with Crippen LogP contribution in [0.15, 0.2) is 12.1 Å². The molecular weight excluding hydrogens is 300 g/mol. The first-order chi connectivity index (χ1) is 11.0. The van der Waals surface area contributed by atoms with Gasteiger partial charge in [-0.1, -0.05) is 0 Å². The molecule has 0 unspecified atom stereocenters. The minimum Gasteiger partial charge on any atom is -0.454 e. The number of hydrogen-bond donors (Lipinski definition) is 1. The Labute approximate surface area is 135 Å². The third-order valence-electron chi connectivity index (χ3n) is 3.47. The first-order valence-corrected chi connectivity index (χ1v) is 7.43. The van der Waals surface area contributed by atoms with E-state index in [2.05, 4.69) is 5.32 Å². The number of benzene rings is 1. The van der Waals surface area contributed by atoms with Crippen molar-refractivity contribution in [2.24, 2.45) is 0 Å². The number of fused-ring (bicyclic) bond motifs is 1. The van der Waals surface area contributed by atoms with E-state index in [1.54, 1.807) is 19.2 Å². The summed E-state index contributed by atoms with van der Waals surface area (Å²) in [4.78, 5) is 25.8. The standard InChI is InChI=1S/C16H22N2O5/c1-11(19)12-7-14-15(23-10-22-14)8-13(12)17-16(20)9-18(2)5-4-6-21-3/h7-8H,4-6,9-10H2,1-3H3,(H,17,20). The summed E-state index contributed by atoms with van der Waals surface area (Å²) in [5.74, 6) is 0.710. The predicted molar refractivity (Wildman–Crippen MR) is 85.2 cm³/mol. The Morgan fingerprint density at radius 1 is 1.30 bits per heavy atom. The van der Waals surface area contributed by atoms with Crippen LogP contribution < -0.4 is 14.8 Å². The Bertz CT molecular complexity index is 588. The fourth-order valence-electron chi connectivity index (χ4n) is 2.33. The van der Waals surface area contributed by atoms with Crippen molar-refractivity contribution in [3.05, 3.63) is 17.7 Å². The molecule has 23 heavy (non-hydrogen) atoms. The molecule has 126 valence electrons. The van der Waals surface area contributed by atoms with Gasteiger partial charge in [0.15, 0.2) is 17.3 Å². The normalized spacial score (nSPS) is 12.5. The average molecular weight is 322 g/mol. The third kappa shape index (κ3) is 4.67. The van der Waals surface area contributed by atoms with Crippen molar-refractivity contribution >= 4 is 17.4 Å². The van der Waals surface area contributed by atoms with E-state index in [9.17, 15) is 9.59 Å². The van der Waals surface area contributed by atoms with Crippen molar-refractivity contribution in [1.82, 2.24) is 4.90 Å². The molecule has 0 spiro atoms. The maximum absolute atomic E-state index is 12.2. The second kappa shape index (κ2) is 7.94. The number of carbonyl (C=O) groups excluding carboxylic acids is 2. The summed E-state index contributed by atoms with van der Waals surface area (Å²) in [5.41, 5.74) is 0.849. The van der Waals surface area contributed by atoms with Gasteiger partial charge in [0.25, 0.3) is 0 Å². The van der Waals surface area contributed by atoms with E-state index in [-0.39, 0.29) is 25.0 Å². The van der Waals surface area contributed by atoms with Crippen molar-refractivity contribution in [2.75, 3.05) is 46.0 Å². The lowest BCUT2D eigenvalue weighted by Crippen LogP contribution is -2.31. The molecule has 0 bridgehead atoms. The summed E-state index contributed by atoms with van der Waals surface area (Å²) >= 11 is 0. The molecule has 7 nitrogen and oxygen atoms in total. The van der Waals surface area contributed by atoms with Gasteiger partial charge in [0.1, 0.15) is 0 Å². The molecule has 0 radical (unpaired) electrons. The van der Waals surface area contributed by atoms with Crippen molar-refractivity contribution in [1.29, 1.82) is 0 Å². The van der Waals surface area contributed by atoms with Crippen LogP contribution in [0, 0.1) is 0 Å². The highest BCUT2D eigenvalue weighted by atomic mass is 16.7. The molecule has 0 aromatic heterocycles. The number of carbonyl (C=O) groups is 2. The second-order valence-corrected chi connectivity index (χ2v) is 5.44. The smallest absolute Gasteiger partial charge is 0.238 e. The summed E-state index contributed by atoms with van der Waals surface area (Å²) in [6, 6.07) is 3.23. The Hall–Kier alpha value is -2.12. The van der Waals surface area contributed by atoms with E-state index < -0.39 is 0 Å². The van der Waals surface area contributed by atoms with E-state index in [1.807, 2.05) is 11.9 Å². The van der Waals surface area contributed by atoms with Crippen LogP contribution in [0.25, 0.3) is 0 Å². The summed E-state index contributed by atoms with van der Waals surface area (Å²) in [7, 11) is 3.51. The number of ether oxygens (including phenoxy) is 3. The quantitative estimate of drug-likeness (QED) is 0.578. The van der Waals surface area contributed by atoms with Gasteiger partial charge >= 0.3 is 0 Å². The number of rotatable bonds is 8. The van der Waals surface area contributed by atoms with Crippen LogP contribution in [-0.2, 0) is 9.53 Å². The van der Waals surface area contributed by atoms with E-state index >= 15 is 0 Å². The largest absolute Gasteiger partial charge is 0.454 e. The second-order valence-electron chi connectivity index (χ2n) is 5.44. The Balaban J connectivity index is 2.01. The zero-order valence-electron chi connectivity index (χ0n) is 13.7. The van der Waals surface area contributed by atoms with Gasteiger partial charge in [0, 0.05) is 31.9 Å². The lowest BCUT2D eigenvalue weighted by Gasteiger charge is -2.17. The SMILES string of the molecule is COCCCN(C)CC(=O)Nc1cc2c(cc1C(C)=O)OCO2. The molecule has 1 amide bonds. The first-order valence-electron chi connectivity index (χ1n) is 7.43. The lowest BCUT2D eigenvalue weighted by molar-refractivity contribution is -0.117. The monoisotopic (exact) mass is 322 g/mol. The van der Waals surface area contributed by atoms with Crippen molar-refractivity contribution < 1.29 is 23.8 Å². The van der Waals surface area contributed by atoms with Crippen LogP contribution in [0.4, 0.5) is 5.69 Å². The maximum atomic E-state index is 12.2. The molecule has 0 saturated heterocycles. The zero-order chi connectivity index (χ0) is 16.8. The molecular formula is C16H22N2O5. The average Bonchev–Trinajstić information content (AvgIpc) is 2.93. The highest BCUT2D eigenvalue weighted by Crippen LogP contribution is 2.37. The molecule has 0 fully saturated rings. The van der Waals surface area contributed by atoms with Gasteiger partial charge in [-0.3, -0.25) is 14.5 Å². The molecule has 1 N–H and O–H groups in total. The van der Waals surface area contributed by atoms with Gasteiger partial charge in [0.05, 0.1) is 12.2 Å². The van der Waals surface area contributed by atoms with Gasteiger partial charge < -0.3 is 19.5 Å². The Kier molecular flexibility index (Phi) is 5.95. The number of ketones is 1. The van der Waals surface area contributed by atoms with E-state index in [0.29, 0.717) is 29.4 Å². The van der Waals surface area contributed by atoms with E-state index in [0.717, 1.165) is 13.0 Å². The van der Waals surface area contributed by atoms with E-state index in [4.69, 9.17) is 14.2 Å². The number of amides is 1. The van der Waals surface area contributed by atoms with Gasteiger partial charge in [-0.15, -0.1) is 0 Å². The van der Waals surface area contributed by atoms with Gasteiger partial charge in [0.2, 0.25) is 12.7 Å². The number of methoxy groups -OCH3 is 1. The van der Waals surface area contributed by atoms with Crippen LogP contribution in [0.5, 0.6) is 11.5 Å². The number of nitrogens with zero attached hydrogens (tertiary/aromatic N) is 1. The van der Waals surface area contributed by atoms with Crippen LogP contribution >= 0.6 is 0 Å². The number of Topliss-reactive ketones (excluding diaryl/α,β-unsaturated/α-hetero) is 1. The number of anilines is 1. The van der Waals surface area contributed by atoms with Crippen molar-refractivity contribution in [2.45, 2.75) is 13.3 Å². The molecule has 0 atom stereocenters. The topological polar surface area (TPSA) is 77.1 Å². The molecule has 7 heteroatoms. The Morgan fingerprint density at radius 2 is 2.00 bits per heavy atom. The minimum absolute atomic E-state index is 0.117.